The number of Topliss-reactive ketones (excluding diaryl/α,β-unsaturated/α-hetero) is 1. The third-order valence-electron chi connectivity index (χ3n) is 4.11. The Morgan fingerprint density at radius 2 is 2.05 bits per heavy atom. The Morgan fingerprint density at radius 1 is 1.33 bits per heavy atom. The largest absolute Gasteiger partial charge is 0.298 e. The van der Waals surface area contributed by atoms with E-state index in [1.165, 1.54) is 5.75 Å². The predicted molar refractivity (Wildman–Crippen MR) is 93.3 cm³/mol. The molecule has 0 bridgehead atoms. The molecule has 1 aromatic rings. The van der Waals surface area contributed by atoms with Crippen molar-refractivity contribution >= 4 is 29.3 Å². The molecule has 1 aromatic heterocycles. The first-order valence-electron chi connectivity index (χ1n) is 7.99. The van der Waals surface area contributed by atoms with Gasteiger partial charge in [-0.05, 0) is 25.3 Å². The lowest BCUT2D eigenvalue weighted by Gasteiger charge is -2.28. The lowest BCUT2D eigenvalue weighted by atomic mass is 10.1. The quantitative estimate of drug-likeness (QED) is 0.759. The van der Waals surface area contributed by atoms with Gasteiger partial charge in [0.2, 0.25) is 0 Å². The maximum absolute atomic E-state index is 12.6. The summed E-state index contributed by atoms with van der Waals surface area (Å²) in [5, 5.41) is 5.26. The fraction of sp³-hybridized carbons (Fsp3) is 0.750. The van der Waals surface area contributed by atoms with Crippen LogP contribution < -0.4 is 0 Å². The van der Waals surface area contributed by atoms with Crippen molar-refractivity contribution in [2.24, 2.45) is 0 Å². The van der Waals surface area contributed by atoms with Crippen LogP contribution in [0.5, 0.6) is 0 Å². The molecule has 1 saturated heterocycles. The molecular formula is C16H26N2OS2. The Balaban J connectivity index is 1.99. The second-order valence-corrected chi connectivity index (χ2v) is 8.11. The van der Waals surface area contributed by atoms with E-state index in [-0.39, 0.29) is 5.25 Å². The first-order chi connectivity index (χ1) is 10.2. The molecule has 1 aliphatic rings. The van der Waals surface area contributed by atoms with Crippen LogP contribution in [-0.4, -0.2) is 37.6 Å². The monoisotopic (exact) mass is 326 g/mol. The molecule has 0 aromatic carbocycles. The molecule has 2 unspecified atom stereocenters. The molecule has 5 heteroatoms. The normalized spacial score (nSPS) is 22.7. The molecule has 2 rings (SSSR count). The molecule has 2 heterocycles. The molecule has 0 N–H and O–H groups in total. The lowest BCUT2D eigenvalue weighted by molar-refractivity contribution is -0.118. The van der Waals surface area contributed by atoms with Gasteiger partial charge in [-0.25, -0.2) is 0 Å². The van der Waals surface area contributed by atoms with E-state index in [4.69, 9.17) is 0 Å². The van der Waals surface area contributed by atoms with E-state index in [2.05, 4.69) is 25.9 Å². The van der Waals surface area contributed by atoms with E-state index in [1.54, 1.807) is 0 Å². The van der Waals surface area contributed by atoms with Crippen molar-refractivity contribution in [1.82, 2.24) is 9.78 Å². The number of carbonyl (C=O) groups is 1. The topological polar surface area (TPSA) is 34.9 Å². The van der Waals surface area contributed by atoms with Gasteiger partial charge in [-0.15, -0.1) is 11.8 Å². The van der Waals surface area contributed by atoms with E-state index in [0.717, 1.165) is 30.7 Å². The van der Waals surface area contributed by atoms with Crippen molar-refractivity contribution in [2.45, 2.75) is 63.0 Å². The van der Waals surface area contributed by atoms with Crippen LogP contribution in [0.1, 0.15) is 51.8 Å². The van der Waals surface area contributed by atoms with Gasteiger partial charge in [0, 0.05) is 23.0 Å². The van der Waals surface area contributed by atoms with E-state index in [0.29, 0.717) is 23.5 Å². The highest BCUT2D eigenvalue weighted by atomic mass is 32.2. The number of ketones is 1. The molecular weight excluding hydrogens is 300 g/mol. The van der Waals surface area contributed by atoms with Gasteiger partial charge < -0.3 is 0 Å². The Morgan fingerprint density at radius 3 is 2.71 bits per heavy atom. The zero-order chi connectivity index (χ0) is 15.2. The van der Waals surface area contributed by atoms with Crippen LogP contribution >= 0.6 is 23.5 Å². The van der Waals surface area contributed by atoms with Crippen LogP contribution in [-0.2, 0) is 11.2 Å². The van der Waals surface area contributed by atoms with Crippen LogP contribution in [0.25, 0.3) is 0 Å². The zero-order valence-corrected chi connectivity index (χ0v) is 14.9. The second kappa shape index (κ2) is 8.28. The molecule has 0 amide bonds. The van der Waals surface area contributed by atoms with Crippen LogP contribution in [0.4, 0.5) is 0 Å². The molecule has 0 aliphatic carbocycles. The third kappa shape index (κ3) is 4.28. The molecule has 0 spiro atoms. The average Bonchev–Trinajstić information content (AvgIpc) is 2.96. The summed E-state index contributed by atoms with van der Waals surface area (Å²) < 4.78 is 2.03. The summed E-state index contributed by atoms with van der Waals surface area (Å²) in [6, 6.07) is 2.47. The summed E-state index contributed by atoms with van der Waals surface area (Å²) in [6.45, 7) is 6.55. The van der Waals surface area contributed by atoms with Gasteiger partial charge in [0.15, 0.2) is 5.78 Å². The molecule has 2 atom stereocenters. The van der Waals surface area contributed by atoms with E-state index >= 15 is 0 Å². The van der Waals surface area contributed by atoms with Gasteiger partial charge >= 0.3 is 0 Å². The number of hydrogen-bond donors (Lipinski definition) is 0. The number of rotatable bonds is 7. The number of nitrogens with zero attached hydrogens (tertiary/aromatic N) is 2. The van der Waals surface area contributed by atoms with Crippen LogP contribution in [0.2, 0.25) is 0 Å². The summed E-state index contributed by atoms with van der Waals surface area (Å²) >= 11 is 3.80. The minimum atomic E-state index is 0.159. The molecule has 118 valence electrons. The van der Waals surface area contributed by atoms with Gasteiger partial charge in [-0.1, -0.05) is 20.8 Å². The van der Waals surface area contributed by atoms with E-state index in [1.807, 2.05) is 40.5 Å². The first-order valence-corrected chi connectivity index (χ1v) is 10.1. The Kier molecular flexibility index (Phi) is 6.68. The summed E-state index contributed by atoms with van der Waals surface area (Å²) in [7, 11) is 0. The smallest absolute Gasteiger partial charge is 0.152 e. The van der Waals surface area contributed by atoms with Crippen LogP contribution in [0, 0.1) is 0 Å². The maximum atomic E-state index is 12.6. The van der Waals surface area contributed by atoms with Gasteiger partial charge in [0.25, 0.3) is 0 Å². The molecule has 1 aliphatic heterocycles. The van der Waals surface area contributed by atoms with E-state index in [9.17, 15) is 4.79 Å². The Bertz CT molecular complexity index is 457. The molecule has 1 fully saturated rings. The van der Waals surface area contributed by atoms with Gasteiger partial charge in [-0.2, -0.15) is 16.9 Å². The summed E-state index contributed by atoms with van der Waals surface area (Å²) in [5.41, 5.74) is 0.929. The summed E-state index contributed by atoms with van der Waals surface area (Å²) in [5.74, 6) is 2.63. The number of thioether (sulfide) groups is 2. The van der Waals surface area contributed by atoms with Crippen molar-refractivity contribution in [1.29, 1.82) is 0 Å². The highest BCUT2D eigenvalue weighted by molar-refractivity contribution is 8.07. The SMILES string of the molecule is CCC1SCCSC1C(=O)Cc1ccn(C(CC)CC)n1. The summed E-state index contributed by atoms with van der Waals surface area (Å²) in [6.07, 6.45) is 5.76. The fourth-order valence-corrected chi connectivity index (χ4v) is 5.85. The number of hydrogen-bond acceptors (Lipinski definition) is 4. The highest BCUT2D eigenvalue weighted by Gasteiger charge is 2.31. The molecule has 21 heavy (non-hydrogen) atoms. The zero-order valence-electron chi connectivity index (χ0n) is 13.2. The Hall–Kier alpha value is -0.420. The van der Waals surface area contributed by atoms with Crippen LogP contribution in [0.3, 0.4) is 0 Å². The van der Waals surface area contributed by atoms with Gasteiger partial charge in [0.1, 0.15) is 0 Å². The minimum Gasteiger partial charge on any atom is -0.298 e. The lowest BCUT2D eigenvalue weighted by Crippen LogP contribution is -2.33. The number of aromatic nitrogens is 2. The molecule has 0 radical (unpaired) electrons. The summed E-state index contributed by atoms with van der Waals surface area (Å²) in [4.78, 5) is 12.6. The van der Waals surface area contributed by atoms with Crippen molar-refractivity contribution in [3.8, 4) is 0 Å². The minimum absolute atomic E-state index is 0.159. The first kappa shape index (κ1) is 16.9. The molecule has 3 nitrogen and oxygen atoms in total. The standard InChI is InChI=1S/C16H26N2OS2/c1-4-13(5-2)18-8-7-12(17-18)11-14(19)16-15(6-3)20-9-10-21-16/h7-8,13,15-16H,4-6,9-11H2,1-3H3. The fourth-order valence-electron chi connectivity index (χ4n) is 2.82. The van der Waals surface area contributed by atoms with Crippen LogP contribution in [0.15, 0.2) is 12.3 Å². The Labute approximate surface area is 136 Å². The second-order valence-electron chi connectivity index (χ2n) is 5.51. The predicted octanol–water partition coefficient (Wildman–Crippen LogP) is 3.98. The van der Waals surface area contributed by atoms with Crippen molar-refractivity contribution in [3.05, 3.63) is 18.0 Å². The van der Waals surface area contributed by atoms with Gasteiger partial charge in [0.05, 0.1) is 23.4 Å². The van der Waals surface area contributed by atoms with Crippen molar-refractivity contribution < 1.29 is 4.79 Å². The van der Waals surface area contributed by atoms with Crippen molar-refractivity contribution in [3.63, 3.8) is 0 Å². The third-order valence-corrected chi connectivity index (χ3v) is 7.40. The van der Waals surface area contributed by atoms with E-state index < -0.39 is 0 Å². The maximum Gasteiger partial charge on any atom is 0.152 e. The van der Waals surface area contributed by atoms with Gasteiger partial charge in [-0.3, -0.25) is 9.48 Å². The number of carbonyl (C=O) groups excluding carboxylic acids is 1. The van der Waals surface area contributed by atoms with Crippen molar-refractivity contribution in [2.75, 3.05) is 11.5 Å². The average molecular weight is 327 g/mol. The highest BCUT2D eigenvalue weighted by Crippen LogP contribution is 2.34. The molecule has 0 saturated carbocycles.